The number of nitrogens with zero attached hydrogens (tertiary/aromatic N) is 1. The van der Waals surface area contributed by atoms with Crippen LogP contribution >= 0.6 is 0 Å². The lowest BCUT2D eigenvalue weighted by Crippen LogP contribution is -2.51. The number of aromatic nitrogens is 1. The number of hydrogen-bond donors (Lipinski definition) is 3. The fourth-order valence-electron chi connectivity index (χ4n) is 3.90. The largest absolute Gasteiger partial charge is 0.462 e. The van der Waals surface area contributed by atoms with Gasteiger partial charge in [-0.05, 0) is 57.4 Å². The van der Waals surface area contributed by atoms with Crippen molar-refractivity contribution in [2.75, 3.05) is 0 Å². The molecule has 0 spiro atoms. The first-order valence-corrected chi connectivity index (χ1v) is 11.8. The quantitative estimate of drug-likeness (QED) is 0.265. The SMILES string of the molecule is Cc1ccc(CC(c2cccc(C(=N)N)c2)C(C)NC(=O)C(C)(C)Oc2ccc(C(F)(F)F)cn2)cc1. The van der Waals surface area contributed by atoms with Gasteiger partial charge in [0, 0.05) is 29.8 Å². The monoisotopic (exact) mass is 512 g/mol. The Bertz CT molecular complexity index is 1240. The number of amides is 1. The number of ether oxygens (including phenoxy) is 1. The molecular formula is C28H31F3N4O2. The molecule has 0 aliphatic carbocycles. The molecule has 0 saturated heterocycles. The zero-order valence-electron chi connectivity index (χ0n) is 21.2. The molecule has 4 N–H and O–H groups in total. The molecule has 0 saturated carbocycles. The van der Waals surface area contributed by atoms with Gasteiger partial charge in [0.15, 0.2) is 5.60 Å². The van der Waals surface area contributed by atoms with Gasteiger partial charge in [-0.15, -0.1) is 0 Å². The molecule has 0 radical (unpaired) electrons. The fraction of sp³-hybridized carbons (Fsp3) is 0.321. The number of benzene rings is 2. The summed E-state index contributed by atoms with van der Waals surface area (Å²) in [5.74, 6) is -0.748. The molecule has 2 aromatic carbocycles. The topological polar surface area (TPSA) is 101 Å². The summed E-state index contributed by atoms with van der Waals surface area (Å²) in [6.45, 7) is 6.94. The van der Waals surface area contributed by atoms with Crippen LogP contribution in [0.15, 0.2) is 66.9 Å². The number of rotatable bonds is 9. The van der Waals surface area contributed by atoms with Crippen LogP contribution in [0.2, 0.25) is 0 Å². The van der Waals surface area contributed by atoms with Crippen LogP contribution in [0.3, 0.4) is 0 Å². The summed E-state index contributed by atoms with van der Waals surface area (Å²) in [6, 6.07) is 17.1. The lowest BCUT2D eigenvalue weighted by molar-refractivity contribution is -0.138. The third kappa shape index (κ3) is 7.31. The Labute approximate surface area is 214 Å². The van der Waals surface area contributed by atoms with E-state index < -0.39 is 23.2 Å². The van der Waals surface area contributed by atoms with Crippen LogP contribution in [0.4, 0.5) is 13.2 Å². The number of alkyl halides is 3. The van der Waals surface area contributed by atoms with Gasteiger partial charge >= 0.3 is 6.18 Å². The van der Waals surface area contributed by atoms with Crippen LogP contribution in [0.1, 0.15) is 54.5 Å². The highest BCUT2D eigenvalue weighted by molar-refractivity contribution is 5.95. The first-order valence-electron chi connectivity index (χ1n) is 11.8. The van der Waals surface area contributed by atoms with Crippen molar-refractivity contribution >= 4 is 11.7 Å². The number of nitrogen functional groups attached to an aromatic ring is 1. The Kier molecular flexibility index (Phi) is 8.25. The fourth-order valence-corrected chi connectivity index (χ4v) is 3.90. The predicted octanol–water partition coefficient (Wildman–Crippen LogP) is 5.38. The summed E-state index contributed by atoms with van der Waals surface area (Å²) in [6.07, 6.45) is -3.23. The van der Waals surface area contributed by atoms with Gasteiger partial charge in [0.05, 0.1) is 5.56 Å². The first kappa shape index (κ1) is 27.7. The summed E-state index contributed by atoms with van der Waals surface area (Å²) in [7, 11) is 0. The summed E-state index contributed by atoms with van der Waals surface area (Å²) in [5, 5.41) is 10.8. The minimum atomic E-state index is -4.51. The first-order chi connectivity index (χ1) is 17.3. The molecule has 1 amide bonds. The number of carbonyl (C=O) groups is 1. The van der Waals surface area contributed by atoms with Crippen LogP contribution in [-0.2, 0) is 17.4 Å². The van der Waals surface area contributed by atoms with Crippen molar-refractivity contribution in [1.82, 2.24) is 10.3 Å². The summed E-state index contributed by atoms with van der Waals surface area (Å²) in [4.78, 5) is 16.9. The standard InChI is InChI=1S/C28H31F3N4O2/c1-17-8-10-19(11-9-17)14-23(20-6-5-7-21(15-20)25(32)33)18(2)35-26(36)27(3,4)37-24-13-12-22(16-34-24)28(29,30)31/h5-13,15-16,18,23H,14H2,1-4H3,(H3,32,33)(H,35,36). The van der Waals surface area contributed by atoms with Gasteiger partial charge in [0.25, 0.3) is 5.91 Å². The average molecular weight is 513 g/mol. The van der Waals surface area contributed by atoms with Crippen molar-refractivity contribution in [3.8, 4) is 5.88 Å². The Hall–Kier alpha value is -3.88. The summed E-state index contributed by atoms with van der Waals surface area (Å²) in [5.41, 5.74) is 7.10. The van der Waals surface area contributed by atoms with E-state index >= 15 is 0 Å². The van der Waals surface area contributed by atoms with Gasteiger partial charge in [-0.2, -0.15) is 13.2 Å². The van der Waals surface area contributed by atoms with Crippen molar-refractivity contribution in [2.45, 2.75) is 57.9 Å². The zero-order chi connectivity index (χ0) is 27.4. The van der Waals surface area contributed by atoms with E-state index in [0.717, 1.165) is 28.8 Å². The molecule has 0 aliphatic heterocycles. The Morgan fingerprint density at radius 2 is 1.78 bits per heavy atom. The molecule has 37 heavy (non-hydrogen) atoms. The van der Waals surface area contributed by atoms with E-state index in [4.69, 9.17) is 15.9 Å². The normalized spacial score (nSPS) is 13.5. The van der Waals surface area contributed by atoms with Gasteiger partial charge in [-0.1, -0.05) is 48.0 Å². The number of halogens is 3. The molecule has 1 aromatic heterocycles. The van der Waals surface area contributed by atoms with E-state index in [0.29, 0.717) is 18.2 Å². The minimum Gasteiger partial charge on any atom is -0.462 e. The van der Waals surface area contributed by atoms with Gasteiger partial charge < -0.3 is 15.8 Å². The van der Waals surface area contributed by atoms with Gasteiger partial charge in [-0.3, -0.25) is 10.2 Å². The minimum absolute atomic E-state index is 0.0498. The van der Waals surface area contributed by atoms with Gasteiger partial charge in [-0.25, -0.2) is 4.98 Å². The van der Waals surface area contributed by atoms with E-state index in [1.807, 2.05) is 56.3 Å². The molecule has 0 bridgehead atoms. The molecule has 3 rings (SSSR count). The second-order valence-electron chi connectivity index (χ2n) is 9.59. The van der Waals surface area contributed by atoms with E-state index in [1.54, 1.807) is 6.07 Å². The summed E-state index contributed by atoms with van der Waals surface area (Å²) < 4.78 is 44.1. The highest BCUT2D eigenvalue weighted by Crippen LogP contribution is 2.30. The van der Waals surface area contributed by atoms with Crippen LogP contribution < -0.4 is 15.8 Å². The third-order valence-corrected chi connectivity index (χ3v) is 6.13. The maximum absolute atomic E-state index is 13.2. The zero-order valence-corrected chi connectivity index (χ0v) is 21.2. The van der Waals surface area contributed by atoms with Crippen LogP contribution in [0.5, 0.6) is 5.88 Å². The lowest BCUT2D eigenvalue weighted by atomic mass is 9.85. The van der Waals surface area contributed by atoms with Crippen LogP contribution in [0, 0.1) is 12.3 Å². The van der Waals surface area contributed by atoms with Crippen molar-refractivity contribution in [3.63, 3.8) is 0 Å². The number of hydrogen-bond acceptors (Lipinski definition) is 4. The van der Waals surface area contributed by atoms with E-state index in [9.17, 15) is 18.0 Å². The Morgan fingerprint density at radius 1 is 1.11 bits per heavy atom. The third-order valence-electron chi connectivity index (χ3n) is 6.13. The molecule has 9 heteroatoms. The van der Waals surface area contributed by atoms with Crippen molar-refractivity contribution in [1.29, 1.82) is 5.41 Å². The van der Waals surface area contributed by atoms with Crippen molar-refractivity contribution < 1.29 is 22.7 Å². The van der Waals surface area contributed by atoms with E-state index in [1.165, 1.54) is 13.8 Å². The van der Waals surface area contributed by atoms with Crippen molar-refractivity contribution in [3.05, 3.63) is 94.7 Å². The number of carbonyl (C=O) groups excluding carboxylic acids is 1. The highest BCUT2D eigenvalue weighted by atomic mass is 19.4. The maximum atomic E-state index is 13.2. The molecule has 0 fully saturated rings. The molecule has 0 aliphatic rings. The Morgan fingerprint density at radius 3 is 2.35 bits per heavy atom. The number of nitrogens with two attached hydrogens (primary N) is 1. The number of aryl methyl sites for hydroxylation is 1. The average Bonchev–Trinajstić information content (AvgIpc) is 2.83. The molecular weight excluding hydrogens is 481 g/mol. The van der Waals surface area contributed by atoms with Gasteiger partial charge in [0.1, 0.15) is 5.84 Å². The predicted molar refractivity (Wildman–Crippen MR) is 137 cm³/mol. The number of amidine groups is 1. The van der Waals surface area contributed by atoms with Crippen LogP contribution in [0.25, 0.3) is 0 Å². The molecule has 6 nitrogen and oxygen atoms in total. The molecule has 1 heterocycles. The Balaban J connectivity index is 1.81. The molecule has 3 aromatic rings. The smallest absolute Gasteiger partial charge is 0.417 e. The molecule has 196 valence electrons. The molecule has 2 atom stereocenters. The van der Waals surface area contributed by atoms with Crippen LogP contribution in [-0.4, -0.2) is 28.4 Å². The number of nitrogens with one attached hydrogen (secondary N) is 2. The molecule has 2 unspecified atom stereocenters. The van der Waals surface area contributed by atoms with Gasteiger partial charge in [0.2, 0.25) is 5.88 Å². The summed E-state index contributed by atoms with van der Waals surface area (Å²) >= 11 is 0. The second-order valence-corrected chi connectivity index (χ2v) is 9.59. The maximum Gasteiger partial charge on any atom is 0.417 e. The van der Waals surface area contributed by atoms with Crippen molar-refractivity contribution in [2.24, 2.45) is 5.73 Å². The lowest BCUT2D eigenvalue weighted by Gasteiger charge is -2.31. The van der Waals surface area contributed by atoms with E-state index in [-0.39, 0.29) is 23.7 Å². The number of pyridine rings is 1. The van der Waals surface area contributed by atoms with E-state index in [2.05, 4.69) is 10.3 Å². The second kappa shape index (κ2) is 11.0. The highest BCUT2D eigenvalue weighted by Gasteiger charge is 2.34.